The lowest BCUT2D eigenvalue weighted by Crippen LogP contribution is -2.01. The Kier molecular flexibility index (Phi) is 3.76. The molecule has 0 saturated heterocycles. The van der Waals surface area contributed by atoms with Gasteiger partial charge in [0.15, 0.2) is 0 Å². The summed E-state index contributed by atoms with van der Waals surface area (Å²) in [5.41, 5.74) is 2.55. The maximum absolute atomic E-state index is 11.6. The van der Waals surface area contributed by atoms with E-state index in [2.05, 4.69) is 3.87 Å². The van der Waals surface area contributed by atoms with Crippen LogP contribution < -0.4 is 0 Å². The highest BCUT2D eigenvalue weighted by molar-refractivity contribution is 7.82. The molecule has 0 heterocycles. The summed E-state index contributed by atoms with van der Waals surface area (Å²) < 4.78 is 35.0. The quantitative estimate of drug-likeness (QED) is 0.465. The zero-order valence-electron chi connectivity index (χ0n) is 5.80. The summed E-state index contributed by atoms with van der Waals surface area (Å²) in [4.78, 5) is 0. The third-order valence-electron chi connectivity index (χ3n) is 0.700. The minimum Gasteiger partial charge on any atom is -0.293 e. The minimum absolute atomic E-state index is 0.940. The highest BCUT2D eigenvalue weighted by Gasteiger charge is 2.03. The van der Waals surface area contributed by atoms with Crippen LogP contribution in [0.4, 0.5) is 3.89 Å². The smallest absolute Gasteiger partial charge is 0.293 e. The van der Waals surface area contributed by atoms with E-state index in [1.807, 2.05) is 0 Å². The fraction of sp³-hybridized carbons (Fsp3) is 0.500. The second-order valence-corrected chi connectivity index (χ2v) is 4.43. The molecule has 0 aromatic heterocycles. The van der Waals surface area contributed by atoms with Crippen molar-refractivity contribution < 1.29 is 16.2 Å². The Bertz CT molecular complexity index is 217. The van der Waals surface area contributed by atoms with Crippen LogP contribution in [0, 0.1) is 0 Å². The van der Waals surface area contributed by atoms with Crippen molar-refractivity contribution in [2.75, 3.05) is 0 Å². The van der Waals surface area contributed by atoms with Crippen molar-refractivity contribution in [3.63, 3.8) is 0 Å². The molecule has 0 aromatic rings. The van der Waals surface area contributed by atoms with Crippen LogP contribution in [-0.4, -0.2) is 18.2 Å². The van der Waals surface area contributed by atoms with Crippen molar-refractivity contribution in [1.29, 1.82) is 0 Å². The highest BCUT2D eigenvalue weighted by atomic mass is 32.3. The lowest BCUT2D eigenvalue weighted by atomic mass is 10.4. The van der Waals surface area contributed by atoms with Gasteiger partial charge in [-0.05, 0) is 13.8 Å². The highest BCUT2D eigenvalue weighted by Crippen LogP contribution is 1.93. The standard InChI is InChI=1S/C4H9FO3SSi/c1-4(2)3-10-8-9(5,6)7/h3H,10H2,1-2H3. The van der Waals surface area contributed by atoms with E-state index in [1.54, 1.807) is 19.5 Å². The van der Waals surface area contributed by atoms with Crippen LogP contribution in [0.3, 0.4) is 0 Å². The second kappa shape index (κ2) is 3.84. The predicted octanol–water partition coefficient (Wildman–Crippen LogP) is 0.225. The SMILES string of the molecule is CC(C)=C[SiH2]OS(=O)(=O)F. The van der Waals surface area contributed by atoms with E-state index in [0.29, 0.717) is 0 Å². The molecule has 0 N–H and O–H groups in total. The predicted molar refractivity (Wildman–Crippen MR) is 39.1 cm³/mol. The summed E-state index contributed by atoms with van der Waals surface area (Å²) in [7, 11) is -6.07. The van der Waals surface area contributed by atoms with E-state index in [4.69, 9.17) is 0 Å². The normalized spacial score (nSPS) is 12.3. The van der Waals surface area contributed by atoms with Crippen molar-refractivity contribution in [2.45, 2.75) is 13.8 Å². The molecular weight excluding hydrogens is 175 g/mol. The number of hydrogen-bond donors (Lipinski definition) is 0. The number of allylic oxidation sites excluding steroid dienone is 1. The van der Waals surface area contributed by atoms with E-state index in [-0.39, 0.29) is 0 Å². The van der Waals surface area contributed by atoms with Gasteiger partial charge in [-0.15, -0.1) is 0 Å². The van der Waals surface area contributed by atoms with Gasteiger partial charge >= 0.3 is 10.5 Å². The molecule has 0 radical (unpaired) electrons. The van der Waals surface area contributed by atoms with Crippen LogP contribution in [0.15, 0.2) is 11.3 Å². The summed E-state index contributed by atoms with van der Waals surface area (Å²) in [6.07, 6.45) is 0. The Hall–Kier alpha value is -0.203. The van der Waals surface area contributed by atoms with Crippen molar-refractivity contribution in [3.05, 3.63) is 11.3 Å². The number of halogens is 1. The summed E-state index contributed by atoms with van der Waals surface area (Å²) in [5.74, 6) is 0. The van der Waals surface area contributed by atoms with Gasteiger partial charge in [0, 0.05) is 0 Å². The first-order chi connectivity index (χ1) is 4.42. The van der Waals surface area contributed by atoms with E-state index in [0.717, 1.165) is 5.57 Å². The molecule has 60 valence electrons. The molecule has 0 aliphatic rings. The van der Waals surface area contributed by atoms with Gasteiger partial charge in [0.1, 0.15) is 0 Å². The van der Waals surface area contributed by atoms with Gasteiger partial charge in [-0.1, -0.05) is 15.2 Å². The molecule has 0 aromatic carbocycles. The van der Waals surface area contributed by atoms with Gasteiger partial charge in [-0.3, -0.25) is 3.87 Å². The van der Waals surface area contributed by atoms with Crippen LogP contribution in [0.1, 0.15) is 13.8 Å². The van der Waals surface area contributed by atoms with E-state index < -0.39 is 20.3 Å². The summed E-state index contributed by atoms with van der Waals surface area (Å²) in [6, 6.07) is 0. The van der Waals surface area contributed by atoms with Crippen molar-refractivity contribution in [2.24, 2.45) is 0 Å². The topological polar surface area (TPSA) is 43.4 Å². The minimum atomic E-state index is -4.70. The van der Waals surface area contributed by atoms with E-state index in [9.17, 15) is 12.3 Å². The van der Waals surface area contributed by atoms with E-state index in [1.165, 1.54) is 0 Å². The zero-order valence-corrected chi connectivity index (χ0v) is 8.03. The Morgan fingerprint density at radius 1 is 1.60 bits per heavy atom. The Balaban J connectivity index is 3.69. The van der Waals surface area contributed by atoms with Gasteiger partial charge in [0.25, 0.3) is 0 Å². The average molecular weight is 184 g/mol. The Labute approximate surface area is 62.3 Å². The molecule has 0 amide bonds. The van der Waals surface area contributed by atoms with Crippen molar-refractivity contribution in [1.82, 2.24) is 0 Å². The van der Waals surface area contributed by atoms with Crippen LogP contribution in [0.25, 0.3) is 0 Å². The molecule has 0 aliphatic carbocycles. The lowest BCUT2D eigenvalue weighted by molar-refractivity contribution is 0.454. The van der Waals surface area contributed by atoms with Crippen molar-refractivity contribution >= 4 is 20.3 Å². The van der Waals surface area contributed by atoms with Crippen LogP contribution >= 0.6 is 0 Å². The average Bonchev–Trinajstić information content (AvgIpc) is 1.59. The molecule has 0 unspecified atom stereocenters. The molecule has 10 heavy (non-hydrogen) atoms. The van der Waals surface area contributed by atoms with Crippen LogP contribution in [-0.2, 0) is 14.4 Å². The Morgan fingerprint density at radius 2 is 2.10 bits per heavy atom. The van der Waals surface area contributed by atoms with Crippen molar-refractivity contribution in [3.8, 4) is 0 Å². The summed E-state index contributed by atoms with van der Waals surface area (Å²) in [5, 5.41) is 0. The van der Waals surface area contributed by atoms with Gasteiger partial charge in [-0.2, -0.15) is 8.42 Å². The molecule has 0 saturated carbocycles. The second-order valence-electron chi connectivity index (χ2n) is 1.96. The molecule has 3 nitrogen and oxygen atoms in total. The summed E-state index contributed by atoms with van der Waals surface area (Å²) in [6.45, 7) is 3.59. The first kappa shape index (κ1) is 9.80. The molecule has 0 fully saturated rings. The van der Waals surface area contributed by atoms with Crippen LogP contribution in [0.2, 0.25) is 0 Å². The lowest BCUT2D eigenvalue weighted by Gasteiger charge is -1.91. The maximum atomic E-state index is 11.6. The first-order valence-electron chi connectivity index (χ1n) is 2.64. The van der Waals surface area contributed by atoms with Crippen LogP contribution in [0.5, 0.6) is 0 Å². The zero-order chi connectivity index (χ0) is 8.20. The fourth-order valence-corrected chi connectivity index (χ4v) is 1.54. The molecule has 0 bridgehead atoms. The molecule has 0 aliphatic heterocycles. The largest absolute Gasteiger partial charge is 0.427 e. The summed E-state index contributed by atoms with van der Waals surface area (Å²) >= 11 is 0. The number of rotatable bonds is 3. The van der Waals surface area contributed by atoms with Gasteiger partial charge in [0.2, 0.25) is 9.76 Å². The molecule has 6 heteroatoms. The first-order valence-corrected chi connectivity index (χ1v) is 5.34. The maximum Gasteiger partial charge on any atom is 0.427 e. The third-order valence-corrected chi connectivity index (χ3v) is 3.35. The number of hydrogen-bond acceptors (Lipinski definition) is 3. The van der Waals surface area contributed by atoms with Gasteiger partial charge in [-0.25, -0.2) is 0 Å². The molecule has 0 rings (SSSR count). The van der Waals surface area contributed by atoms with Gasteiger partial charge in [0.05, 0.1) is 0 Å². The monoisotopic (exact) mass is 184 g/mol. The Morgan fingerprint density at radius 3 is 2.40 bits per heavy atom. The molecule has 0 spiro atoms. The third kappa shape index (κ3) is 7.80. The van der Waals surface area contributed by atoms with E-state index >= 15 is 0 Å². The fourth-order valence-electron chi connectivity index (χ4n) is 0.282. The molecular formula is C4H9FO3SSi. The molecule has 0 atom stereocenters. The van der Waals surface area contributed by atoms with Gasteiger partial charge < -0.3 is 0 Å².